The molecule has 0 radical (unpaired) electrons. The molecule has 0 amide bonds. The fraction of sp³-hybridized carbons (Fsp3) is 0.533. The number of nitrogens with zero attached hydrogens (tertiary/aromatic N) is 3. The molecule has 0 unspecified atom stereocenters. The second-order valence-corrected chi connectivity index (χ2v) is 6.40. The zero-order valence-corrected chi connectivity index (χ0v) is 12.3. The fourth-order valence-corrected chi connectivity index (χ4v) is 2.45. The van der Waals surface area contributed by atoms with Gasteiger partial charge in [0.05, 0.1) is 12.7 Å². The molecule has 0 aromatic carbocycles. The van der Waals surface area contributed by atoms with Gasteiger partial charge in [-0.05, 0) is 30.9 Å². The topological polar surface area (TPSA) is 56.5 Å². The van der Waals surface area contributed by atoms with E-state index in [2.05, 4.69) is 35.4 Å². The number of hydrogen-bond acceptors (Lipinski definition) is 4. The summed E-state index contributed by atoms with van der Waals surface area (Å²) in [6, 6.07) is 3.68. The van der Waals surface area contributed by atoms with E-state index in [1.54, 1.807) is 6.07 Å². The molecule has 1 aliphatic rings. The normalized spacial score (nSPS) is 15.6. The lowest BCUT2D eigenvalue weighted by Crippen LogP contribution is -2.18. The molecule has 1 saturated carbocycles. The van der Waals surface area contributed by atoms with Gasteiger partial charge in [0.1, 0.15) is 5.82 Å². The van der Waals surface area contributed by atoms with Gasteiger partial charge < -0.3 is 4.74 Å². The van der Waals surface area contributed by atoms with E-state index >= 15 is 0 Å². The van der Waals surface area contributed by atoms with Crippen molar-refractivity contribution in [1.29, 1.82) is 0 Å². The van der Waals surface area contributed by atoms with Crippen LogP contribution in [0.15, 0.2) is 12.1 Å². The number of carbonyl (C=O) groups excluding carboxylic acids is 1. The van der Waals surface area contributed by atoms with E-state index < -0.39 is 0 Å². The van der Waals surface area contributed by atoms with Crippen molar-refractivity contribution in [2.45, 2.75) is 44.9 Å². The van der Waals surface area contributed by atoms with Crippen LogP contribution < -0.4 is 0 Å². The maximum Gasteiger partial charge on any atom is 0.338 e. The van der Waals surface area contributed by atoms with Gasteiger partial charge in [0.25, 0.3) is 0 Å². The number of ether oxygens (including phenoxy) is 1. The van der Waals surface area contributed by atoms with Crippen LogP contribution in [0.1, 0.15) is 61.4 Å². The Kier molecular flexibility index (Phi) is 2.81. The van der Waals surface area contributed by atoms with Crippen molar-refractivity contribution < 1.29 is 9.53 Å². The Labute approximate surface area is 118 Å². The Morgan fingerprint density at radius 3 is 2.55 bits per heavy atom. The van der Waals surface area contributed by atoms with Gasteiger partial charge in [-0.25, -0.2) is 4.79 Å². The Bertz CT molecular complexity index is 678. The van der Waals surface area contributed by atoms with E-state index in [1.165, 1.54) is 7.11 Å². The summed E-state index contributed by atoms with van der Waals surface area (Å²) in [7, 11) is 1.40. The van der Waals surface area contributed by atoms with E-state index in [1.807, 2.05) is 6.07 Å². The number of hydrogen-bond donors (Lipinski definition) is 0. The van der Waals surface area contributed by atoms with Crippen molar-refractivity contribution >= 4 is 11.6 Å². The number of carbonyl (C=O) groups is 1. The predicted molar refractivity (Wildman–Crippen MR) is 75.0 cm³/mol. The lowest BCUT2D eigenvalue weighted by molar-refractivity contribution is 0.0600. The average Bonchev–Trinajstić information content (AvgIpc) is 3.13. The summed E-state index contributed by atoms with van der Waals surface area (Å²) in [5.74, 6) is 1.11. The SMILES string of the molecule is COC(=O)c1cc(C2CC2)n2c(C(C)(C)C)nnc2c1. The first-order valence-electron chi connectivity index (χ1n) is 6.89. The average molecular weight is 273 g/mol. The van der Waals surface area contributed by atoms with Gasteiger partial charge in [0.2, 0.25) is 0 Å². The third-order valence-electron chi connectivity index (χ3n) is 3.62. The highest BCUT2D eigenvalue weighted by molar-refractivity contribution is 5.90. The number of pyridine rings is 1. The number of fused-ring (bicyclic) bond motifs is 1. The van der Waals surface area contributed by atoms with Crippen LogP contribution in [0.5, 0.6) is 0 Å². The molecule has 1 aliphatic carbocycles. The molecule has 0 atom stereocenters. The van der Waals surface area contributed by atoms with Gasteiger partial charge in [-0.1, -0.05) is 20.8 Å². The molecule has 2 aromatic rings. The molecular weight excluding hydrogens is 254 g/mol. The van der Waals surface area contributed by atoms with Crippen LogP contribution in [0.2, 0.25) is 0 Å². The lowest BCUT2D eigenvalue weighted by Gasteiger charge is -2.18. The number of aromatic nitrogens is 3. The van der Waals surface area contributed by atoms with Gasteiger partial charge >= 0.3 is 5.97 Å². The minimum Gasteiger partial charge on any atom is -0.465 e. The van der Waals surface area contributed by atoms with Crippen LogP contribution in [0.3, 0.4) is 0 Å². The quantitative estimate of drug-likeness (QED) is 0.789. The van der Waals surface area contributed by atoms with E-state index in [0.29, 0.717) is 11.5 Å². The predicted octanol–water partition coefficient (Wildman–Crippen LogP) is 2.69. The molecular formula is C15H19N3O2. The molecule has 3 rings (SSSR count). The third kappa shape index (κ3) is 2.07. The van der Waals surface area contributed by atoms with Crippen molar-refractivity contribution in [3.63, 3.8) is 0 Å². The summed E-state index contributed by atoms with van der Waals surface area (Å²) in [5, 5.41) is 8.56. The molecule has 0 bridgehead atoms. The van der Waals surface area contributed by atoms with E-state index in [9.17, 15) is 4.79 Å². The van der Waals surface area contributed by atoms with Crippen LogP contribution in [-0.4, -0.2) is 27.7 Å². The fourth-order valence-electron chi connectivity index (χ4n) is 2.45. The van der Waals surface area contributed by atoms with Crippen molar-refractivity contribution in [1.82, 2.24) is 14.6 Å². The van der Waals surface area contributed by atoms with Gasteiger partial charge in [-0.15, -0.1) is 10.2 Å². The highest BCUT2D eigenvalue weighted by Crippen LogP contribution is 2.41. The number of methoxy groups -OCH3 is 1. The molecule has 2 aromatic heterocycles. The monoisotopic (exact) mass is 273 g/mol. The van der Waals surface area contributed by atoms with Crippen molar-refractivity contribution in [3.8, 4) is 0 Å². The minimum absolute atomic E-state index is 0.0875. The van der Waals surface area contributed by atoms with E-state index in [0.717, 1.165) is 30.0 Å². The molecule has 0 aliphatic heterocycles. The van der Waals surface area contributed by atoms with Crippen LogP contribution in [0.4, 0.5) is 0 Å². The summed E-state index contributed by atoms with van der Waals surface area (Å²) >= 11 is 0. The highest BCUT2D eigenvalue weighted by Gasteiger charge is 2.31. The summed E-state index contributed by atoms with van der Waals surface area (Å²) in [4.78, 5) is 11.8. The number of esters is 1. The Morgan fingerprint density at radius 1 is 1.30 bits per heavy atom. The molecule has 20 heavy (non-hydrogen) atoms. The van der Waals surface area contributed by atoms with Gasteiger partial charge in [0, 0.05) is 11.1 Å². The van der Waals surface area contributed by atoms with Crippen LogP contribution >= 0.6 is 0 Å². The van der Waals surface area contributed by atoms with Crippen LogP contribution in [-0.2, 0) is 10.2 Å². The maximum atomic E-state index is 11.8. The third-order valence-corrected chi connectivity index (χ3v) is 3.62. The first-order chi connectivity index (χ1) is 9.41. The first-order valence-corrected chi connectivity index (χ1v) is 6.89. The first kappa shape index (κ1) is 13.1. The molecule has 0 spiro atoms. The van der Waals surface area contributed by atoms with Gasteiger partial charge in [-0.3, -0.25) is 4.40 Å². The maximum absolute atomic E-state index is 11.8. The standard InChI is InChI=1S/C15H19N3O2/c1-15(2,3)14-17-16-12-8-10(13(19)20-4)7-11(18(12)14)9-5-6-9/h7-9H,5-6H2,1-4H3. The van der Waals surface area contributed by atoms with Gasteiger partial charge in [-0.2, -0.15) is 0 Å². The van der Waals surface area contributed by atoms with E-state index in [4.69, 9.17) is 4.74 Å². The zero-order valence-electron chi connectivity index (χ0n) is 12.3. The Morgan fingerprint density at radius 2 is 2.00 bits per heavy atom. The van der Waals surface area contributed by atoms with Crippen molar-refractivity contribution in [2.24, 2.45) is 0 Å². The molecule has 5 heteroatoms. The summed E-state index contributed by atoms with van der Waals surface area (Å²) in [6.07, 6.45) is 2.31. The highest BCUT2D eigenvalue weighted by atomic mass is 16.5. The Hall–Kier alpha value is -1.91. The summed E-state index contributed by atoms with van der Waals surface area (Å²) in [6.45, 7) is 6.36. The molecule has 0 saturated heterocycles. The van der Waals surface area contributed by atoms with E-state index in [-0.39, 0.29) is 11.4 Å². The van der Waals surface area contributed by atoms with Gasteiger partial charge in [0.15, 0.2) is 5.65 Å². The summed E-state index contributed by atoms with van der Waals surface area (Å²) in [5.41, 5.74) is 2.31. The minimum atomic E-state index is -0.324. The molecule has 1 fully saturated rings. The largest absolute Gasteiger partial charge is 0.465 e. The molecule has 0 N–H and O–H groups in total. The Balaban J connectivity index is 2.26. The summed E-state index contributed by atoms with van der Waals surface area (Å²) < 4.78 is 6.92. The number of rotatable bonds is 2. The second kappa shape index (κ2) is 4.30. The van der Waals surface area contributed by atoms with Crippen molar-refractivity contribution in [3.05, 3.63) is 29.2 Å². The zero-order chi connectivity index (χ0) is 14.5. The molecule has 5 nitrogen and oxygen atoms in total. The van der Waals surface area contributed by atoms with Crippen LogP contribution in [0.25, 0.3) is 5.65 Å². The second-order valence-electron chi connectivity index (χ2n) is 6.40. The molecule has 106 valence electrons. The van der Waals surface area contributed by atoms with Crippen molar-refractivity contribution in [2.75, 3.05) is 7.11 Å². The van der Waals surface area contributed by atoms with Crippen LogP contribution in [0, 0.1) is 0 Å². The smallest absolute Gasteiger partial charge is 0.338 e. The lowest BCUT2D eigenvalue weighted by atomic mass is 9.95. The molecule has 2 heterocycles.